The lowest BCUT2D eigenvalue weighted by molar-refractivity contribution is 0.0715. The van der Waals surface area contributed by atoms with Crippen LogP contribution < -0.4 is 0 Å². The summed E-state index contributed by atoms with van der Waals surface area (Å²) in [6.07, 6.45) is 0. The van der Waals surface area contributed by atoms with Gasteiger partial charge in [0.25, 0.3) is 5.91 Å². The molecule has 0 unspecified atom stereocenters. The Labute approximate surface area is 133 Å². The minimum absolute atomic E-state index is 0.220. The molecule has 0 saturated heterocycles. The fourth-order valence-electron chi connectivity index (χ4n) is 1.94. The molecular formula is C15H21BrF2N2O. The van der Waals surface area contributed by atoms with Crippen molar-refractivity contribution in [2.24, 2.45) is 5.92 Å². The van der Waals surface area contributed by atoms with Crippen molar-refractivity contribution >= 4 is 21.8 Å². The van der Waals surface area contributed by atoms with Crippen LogP contribution in [0, 0.1) is 17.6 Å². The average molecular weight is 363 g/mol. The molecule has 0 bridgehead atoms. The molecule has 1 aromatic rings. The maximum absolute atomic E-state index is 13.9. The Hall–Kier alpha value is -1.01. The lowest BCUT2D eigenvalue weighted by Crippen LogP contribution is -2.39. The van der Waals surface area contributed by atoms with Gasteiger partial charge in [-0.2, -0.15) is 0 Å². The van der Waals surface area contributed by atoms with E-state index in [9.17, 15) is 13.6 Å². The molecule has 1 amide bonds. The SMILES string of the molecule is CC(C)CN(CCN(C)C)C(=O)c1c(F)cc(Br)cc1F. The van der Waals surface area contributed by atoms with E-state index in [1.54, 1.807) is 0 Å². The van der Waals surface area contributed by atoms with Crippen LogP contribution in [-0.4, -0.2) is 49.4 Å². The monoisotopic (exact) mass is 362 g/mol. The van der Waals surface area contributed by atoms with Crippen molar-refractivity contribution in [3.05, 3.63) is 33.8 Å². The number of carbonyl (C=O) groups is 1. The molecule has 0 atom stereocenters. The molecule has 0 N–H and O–H groups in total. The molecule has 0 aliphatic heterocycles. The van der Waals surface area contributed by atoms with E-state index in [0.29, 0.717) is 19.6 Å². The zero-order chi connectivity index (χ0) is 16.2. The number of likely N-dealkylation sites (N-methyl/N-ethyl adjacent to an activating group) is 1. The van der Waals surface area contributed by atoms with Gasteiger partial charge in [0.1, 0.15) is 17.2 Å². The first-order chi connectivity index (χ1) is 9.72. The summed E-state index contributed by atoms with van der Waals surface area (Å²) in [7, 11) is 3.78. The first kappa shape index (κ1) is 18.0. The highest BCUT2D eigenvalue weighted by molar-refractivity contribution is 9.10. The Balaban J connectivity index is 3.04. The fraction of sp³-hybridized carbons (Fsp3) is 0.533. The third-order valence-corrected chi connectivity index (χ3v) is 3.37. The molecule has 0 fully saturated rings. The quantitative estimate of drug-likeness (QED) is 0.774. The molecule has 1 aromatic carbocycles. The molecule has 6 heteroatoms. The Morgan fingerprint density at radius 1 is 1.19 bits per heavy atom. The van der Waals surface area contributed by atoms with Crippen molar-refractivity contribution in [2.75, 3.05) is 33.7 Å². The fourth-order valence-corrected chi connectivity index (χ4v) is 2.34. The molecule has 0 radical (unpaired) electrons. The number of hydrogen-bond acceptors (Lipinski definition) is 2. The summed E-state index contributed by atoms with van der Waals surface area (Å²) in [6.45, 7) is 5.45. The molecule has 0 heterocycles. The summed E-state index contributed by atoms with van der Waals surface area (Å²) in [5.41, 5.74) is -0.488. The number of amides is 1. The Morgan fingerprint density at radius 3 is 2.14 bits per heavy atom. The van der Waals surface area contributed by atoms with Gasteiger partial charge in [-0.25, -0.2) is 8.78 Å². The van der Waals surface area contributed by atoms with Crippen molar-refractivity contribution < 1.29 is 13.6 Å². The number of benzene rings is 1. The number of halogens is 3. The second-order valence-electron chi connectivity index (χ2n) is 5.69. The van der Waals surface area contributed by atoms with E-state index in [-0.39, 0.29) is 10.4 Å². The van der Waals surface area contributed by atoms with Gasteiger partial charge in [0, 0.05) is 24.1 Å². The van der Waals surface area contributed by atoms with Crippen LogP contribution in [0.1, 0.15) is 24.2 Å². The van der Waals surface area contributed by atoms with Crippen LogP contribution in [0.15, 0.2) is 16.6 Å². The Kier molecular flexibility index (Phi) is 6.74. The normalized spacial score (nSPS) is 11.3. The van der Waals surface area contributed by atoms with E-state index in [0.717, 1.165) is 12.1 Å². The van der Waals surface area contributed by atoms with Gasteiger partial charge >= 0.3 is 0 Å². The van der Waals surface area contributed by atoms with Crippen molar-refractivity contribution in [3.63, 3.8) is 0 Å². The number of rotatable bonds is 6. The van der Waals surface area contributed by atoms with Gasteiger partial charge in [0.15, 0.2) is 0 Å². The van der Waals surface area contributed by atoms with E-state index < -0.39 is 23.1 Å². The zero-order valence-corrected chi connectivity index (χ0v) is 14.4. The molecule has 21 heavy (non-hydrogen) atoms. The van der Waals surface area contributed by atoms with Gasteiger partial charge in [0.05, 0.1) is 0 Å². The van der Waals surface area contributed by atoms with Crippen LogP contribution >= 0.6 is 15.9 Å². The van der Waals surface area contributed by atoms with E-state index in [1.807, 2.05) is 32.8 Å². The lowest BCUT2D eigenvalue weighted by atomic mass is 10.1. The highest BCUT2D eigenvalue weighted by Crippen LogP contribution is 2.21. The minimum atomic E-state index is -0.842. The van der Waals surface area contributed by atoms with Crippen LogP contribution in [0.5, 0.6) is 0 Å². The van der Waals surface area contributed by atoms with E-state index in [4.69, 9.17) is 0 Å². The molecule has 0 aromatic heterocycles. The molecule has 0 aliphatic rings. The summed E-state index contributed by atoms with van der Waals surface area (Å²) < 4.78 is 28.1. The predicted octanol–water partition coefficient (Wildman–Crippen LogP) is 3.39. The van der Waals surface area contributed by atoms with Crippen LogP contribution in [0.4, 0.5) is 8.78 Å². The summed E-state index contributed by atoms with van der Waals surface area (Å²) in [5.74, 6) is -2.07. The van der Waals surface area contributed by atoms with Gasteiger partial charge in [-0.05, 0) is 32.1 Å². The summed E-state index contributed by atoms with van der Waals surface area (Å²) >= 11 is 3.01. The molecule has 1 rings (SSSR count). The van der Waals surface area contributed by atoms with E-state index in [2.05, 4.69) is 15.9 Å². The smallest absolute Gasteiger partial charge is 0.259 e. The highest BCUT2D eigenvalue weighted by atomic mass is 79.9. The van der Waals surface area contributed by atoms with Crippen molar-refractivity contribution in [3.8, 4) is 0 Å². The molecule has 3 nitrogen and oxygen atoms in total. The van der Waals surface area contributed by atoms with Crippen LogP contribution in [0.2, 0.25) is 0 Å². The van der Waals surface area contributed by atoms with Crippen molar-refractivity contribution in [2.45, 2.75) is 13.8 Å². The van der Waals surface area contributed by atoms with Crippen molar-refractivity contribution in [1.82, 2.24) is 9.80 Å². The minimum Gasteiger partial charge on any atom is -0.337 e. The van der Waals surface area contributed by atoms with E-state index in [1.165, 1.54) is 4.90 Å². The molecule has 0 aliphatic carbocycles. The summed E-state index contributed by atoms with van der Waals surface area (Å²) in [6, 6.07) is 2.21. The van der Waals surface area contributed by atoms with Gasteiger partial charge in [0.2, 0.25) is 0 Å². The third-order valence-electron chi connectivity index (χ3n) is 2.91. The molecule has 0 spiro atoms. The highest BCUT2D eigenvalue weighted by Gasteiger charge is 2.24. The molecular weight excluding hydrogens is 342 g/mol. The molecule has 0 saturated carbocycles. The second-order valence-corrected chi connectivity index (χ2v) is 6.61. The van der Waals surface area contributed by atoms with Crippen molar-refractivity contribution in [1.29, 1.82) is 0 Å². The summed E-state index contributed by atoms with van der Waals surface area (Å²) in [4.78, 5) is 15.9. The average Bonchev–Trinajstić information content (AvgIpc) is 2.32. The first-order valence-corrected chi connectivity index (χ1v) is 7.60. The predicted molar refractivity (Wildman–Crippen MR) is 83.4 cm³/mol. The lowest BCUT2D eigenvalue weighted by Gasteiger charge is -2.26. The first-order valence-electron chi connectivity index (χ1n) is 6.81. The topological polar surface area (TPSA) is 23.6 Å². The Morgan fingerprint density at radius 2 is 1.71 bits per heavy atom. The molecule has 118 valence electrons. The number of hydrogen-bond donors (Lipinski definition) is 0. The third kappa shape index (κ3) is 5.36. The standard InChI is InChI=1S/C15H21BrF2N2O/c1-10(2)9-20(6-5-19(3)4)15(21)14-12(17)7-11(16)8-13(14)18/h7-8,10H,5-6,9H2,1-4H3. The van der Waals surface area contributed by atoms with Crippen LogP contribution in [0.25, 0.3) is 0 Å². The zero-order valence-electron chi connectivity index (χ0n) is 12.8. The van der Waals surface area contributed by atoms with Gasteiger partial charge < -0.3 is 9.80 Å². The maximum Gasteiger partial charge on any atom is 0.259 e. The Bertz CT molecular complexity index is 483. The van der Waals surface area contributed by atoms with Gasteiger partial charge in [-0.1, -0.05) is 29.8 Å². The maximum atomic E-state index is 13.9. The second kappa shape index (κ2) is 7.84. The largest absolute Gasteiger partial charge is 0.337 e. The van der Waals surface area contributed by atoms with Crippen LogP contribution in [0.3, 0.4) is 0 Å². The number of nitrogens with zero attached hydrogens (tertiary/aromatic N) is 2. The van der Waals surface area contributed by atoms with Gasteiger partial charge in [-0.15, -0.1) is 0 Å². The van der Waals surface area contributed by atoms with Gasteiger partial charge in [-0.3, -0.25) is 4.79 Å². The number of carbonyl (C=O) groups excluding carboxylic acids is 1. The van der Waals surface area contributed by atoms with E-state index >= 15 is 0 Å². The van der Waals surface area contributed by atoms with Crippen LogP contribution in [-0.2, 0) is 0 Å². The summed E-state index contributed by atoms with van der Waals surface area (Å²) in [5, 5.41) is 0.